The molecule has 0 unspecified atom stereocenters. The van der Waals surface area contributed by atoms with E-state index in [0.29, 0.717) is 0 Å². The summed E-state index contributed by atoms with van der Waals surface area (Å²) in [6, 6.07) is 6.00. The summed E-state index contributed by atoms with van der Waals surface area (Å²) >= 11 is 3.41. The van der Waals surface area contributed by atoms with Crippen LogP contribution in [-0.4, -0.2) is 6.29 Å². The topological polar surface area (TPSA) is 17.1 Å². The highest BCUT2D eigenvalue weighted by atomic mass is 79.9. The highest BCUT2D eigenvalue weighted by Crippen LogP contribution is 2.19. The molecular weight excluding hydrogens is 216 g/mol. The standard InChI is InChI=1S/C10H9BrO/c1-8-4-5-9(3-2-6-12)10(11)7-8/h2-7H,1H3. The first-order chi connectivity index (χ1) is 5.74. The molecule has 0 N–H and O–H groups in total. The van der Waals surface area contributed by atoms with Gasteiger partial charge in [0.05, 0.1) is 0 Å². The van der Waals surface area contributed by atoms with Crippen molar-refractivity contribution in [2.75, 3.05) is 0 Å². The number of hydrogen-bond donors (Lipinski definition) is 0. The molecule has 0 amide bonds. The third-order valence-corrected chi connectivity index (χ3v) is 2.20. The van der Waals surface area contributed by atoms with Crippen molar-refractivity contribution in [3.05, 3.63) is 39.9 Å². The number of aryl methyl sites for hydroxylation is 1. The Balaban J connectivity index is 3.01. The fraction of sp³-hybridized carbons (Fsp3) is 0.100. The molecule has 0 spiro atoms. The van der Waals surface area contributed by atoms with Crippen LogP contribution in [0.25, 0.3) is 6.08 Å². The molecule has 62 valence electrons. The van der Waals surface area contributed by atoms with E-state index in [4.69, 9.17) is 0 Å². The van der Waals surface area contributed by atoms with Crippen LogP contribution in [-0.2, 0) is 4.79 Å². The average molecular weight is 225 g/mol. The van der Waals surface area contributed by atoms with Crippen LogP contribution in [0, 0.1) is 6.92 Å². The molecule has 0 aliphatic carbocycles. The molecule has 2 heteroatoms. The summed E-state index contributed by atoms with van der Waals surface area (Å²) in [5.41, 5.74) is 2.22. The molecule has 12 heavy (non-hydrogen) atoms. The molecule has 0 fully saturated rings. The van der Waals surface area contributed by atoms with Gasteiger partial charge in [0.1, 0.15) is 6.29 Å². The number of carbonyl (C=O) groups excluding carboxylic acids is 1. The van der Waals surface area contributed by atoms with Gasteiger partial charge in [0.2, 0.25) is 0 Å². The maximum atomic E-state index is 10.1. The lowest BCUT2D eigenvalue weighted by molar-refractivity contribution is -0.104. The Morgan fingerprint density at radius 2 is 2.17 bits per heavy atom. The van der Waals surface area contributed by atoms with Crippen LogP contribution in [0.4, 0.5) is 0 Å². The van der Waals surface area contributed by atoms with Crippen molar-refractivity contribution in [1.29, 1.82) is 0 Å². The predicted octanol–water partition coefficient (Wildman–Crippen LogP) is 2.97. The van der Waals surface area contributed by atoms with Crippen molar-refractivity contribution < 1.29 is 4.79 Å². The van der Waals surface area contributed by atoms with E-state index in [1.54, 1.807) is 6.08 Å². The summed E-state index contributed by atoms with van der Waals surface area (Å²) in [5.74, 6) is 0. The van der Waals surface area contributed by atoms with Crippen molar-refractivity contribution >= 4 is 28.3 Å². The molecule has 0 saturated heterocycles. The van der Waals surface area contributed by atoms with E-state index < -0.39 is 0 Å². The quantitative estimate of drug-likeness (QED) is 0.558. The summed E-state index contributed by atoms with van der Waals surface area (Å²) in [5, 5.41) is 0. The number of rotatable bonds is 2. The second-order valence-corrected chi connectivity index (χ2v) is 3.37. The third-order valence-electron chi connectivity index (χ3n) is 1.51. The van der Waals surface area contributed by atoms with Gasteiger partial charge >= 0.3 is 0 Å². The van der Waals surface area contributed by atoms with Gasteiger partial charge in [-0.1, -0.05) is 34.1 Å². The zero-order chi connectivity index (χ0) is 8.97. The van der Waals surface area contributed by atoms with E-state index in [9.17, 15) is 4.79 Å². The summed E-state index contributed by atoms with van der Waals surface area (Å²) in [7, 11) is 0. The summed E-state index contributed by atoms with van der Waals surface area (Å²) in [6.45, 7) is 2.03. The van der Waals surface area contributed by atoms with E-state index in [2.05, 4.69) is 15.9 Å². The normalized spacial score (nSPS) is 10.5. The zero-order valence-corrected chi connectivity index (χ0v) is 8.34. The van der Waals surface area contributed by atoms with Crippen LogP contribution in [0.2, 0.25) is 0 Å². The van der Waals surface area contributed by atoms with Gasteiger partial charge in [0.25, 0.3) is 0 Å². The van der Waals surface area contributed by atoms with Crippen LogP contribution >= 0.6 is 15.9 Å². The van der Waals surface area contributed by atoms with Gasteiger partial charge in [-0.15, -0.1) is 0 Å². The Morgan fingerprint density at radius 3 is 2.75 bits per heavy atom. The molecule has 0 aliphatic rings. The monoisotopic (exact) mass is 224 g/mol. The number of benzene rings is 1. The first-order valence-electron chi connectivity index (χ1n) is 3.62. The second-order valence-electron chi connectivity index (χ2n) is 2.52. The first kappa shape index (κ1) is 9.20. The van der Waals surface area contributed by atoms with E-state index in [1.807, 2.05) is 25.1 Å². The summed E-state index contributed by atoms with van der Waals surface area (Å²) in [6.07, 6.45) is 4.03. The van der Waals surface area contributed by atoms with Gasteiger partial charge in [0, 0.05) is 4.47 Å². The molecule has 0 aromatic heterocycles. The highest BCUT2D eigenvalue weighted by Gasteiger charge is 1.94. The van der Waals surface area contributed by atoms with Crippen molar-refractivity contribution in [1.82, 2.24) is 0 Å². The Kier molecular flexibility index (Phi) is 3.23. The van der Waals surface area contributed by atoms with E-state index in [-0.39, 0.29) is 0 Å². The fourth-order valence-corrected chi connectivity index (χ4v) is 1.54. The maximum Gasteiger partial charge on any atom is 0.142 e. The molecule has 1 aromatic rings. The van der Waals surface area contributed by atoms with Crippen molar-refractivity contribution in [2.45, 2.75) is 6.92 Å². The average Bonchev–Trinajstić information content (AvgIpc) is 2.03. The van der Waals surface area contributed by atoms with Crippen LogP contribution in [0.1, 0.15) is 11.1 Å². The number of halogens is 1. The van der Waals surface area contributed by atoms with Crippen LogP contribution in [0.5, 0.6) is 0 Å². The van der Waals surface area contributed by atoms with Gasteiger partial charge in [-0.3, -0.25) is 4.79 Å². The van der Waals surface area contributed by atoms with Crippen molar-refractivity contribution in [3.63, 3.8) is 0 Å². The number of allylic oxidation sites excluding steroid dienone is 1. The van der Waals surface area contributed by atoms with Gasteiger partial charge in [-0.2, -0.15) is 0 Å². The van der Waals surface area contributed by atoms with Crippen molar-refractivity contribution in [2.24, 2.45) is 0 Å². The van der Waals surface area contributed by atoms with Crippen LogP contribution < -0.4 is 0 Å². The molecule has 0 bridgehead atoms. The maximum absolute atomic E-state index is 10.1. The van der Waals surface area contributed by atoms with Gasteiger partial charge in [0.15, 0.2) is 0 Å². The Hall–Kier alpha value is -0.890. The van der Waals surface area contributed by atoms with Crippen LogP contribution in [0.3, 0.4) is 0 Å². The first-order valence-corrected chi connectivity index (χ1v) is 4.41. The molecule has 0 saturated carbocycles. The Bertz CT molecular complexity index is 316. The molecule has 1 nitrogen and oxygen atoms in total. The third kappa shape index (κ3) is 2.31. The lowest BCUT2D eigenvalue weighted by Crippen LogP contribution is -1.77. The van der Waals surface area contributed by atoms with E-state index in [0.717, 1.165) is 16.3 Å². The Morgan fingerprint density at radius 1 is 1.42 bits per heavy atom. The summed E-state index contributed by atoms with van der Waals surface area (Å²) < 4.78 is 1.01. The molecule has 0 heterocycles. The second kappa shape index (κ2) is 4.21. The fourth-order valence-electron chi connectivity index (χ4n) is 0.910. The minimum atomic E-state index is 0.770. The molecule has 0 radical (unpaired) electrons. The Labute approximate surface area is 80.2 Å². The number of hydrogen-bond acceptors (Lipinski definition) is 1. The minimum absolute atomic E-state index is 0.770. The van der Waals surface area contributed by atoms with Gasteiger partial charge in [-0.05, 0) is 30.2 Å². The minimum Gasteiger partial charge on any atom is -0.299 e. The number of aldehydes is 1. The lowest BCUT2D eigenvalue weighted by Gasteiger charge is -1.98. The molecule has 0 atom stereocenters. The smallest absolute Gasteiger partial charge is 0.142 e. The SMILES string of the molecule is Cc1ccc(C=CC=O)c(Br)c1. The molecular formula is C10H9BrO. The largest absolute Gasteiger partial charge is 0.299 e. The van der Waals surface area contributed by atoms with Crippen molar-refractivity contribution in [3.8, 4) is 0 Å². The van der Waals surface area contributed by atoms with E-state index in [1.165, 1.54) is 11.6 Å². The number of carbonyl (C=O) groups is 1. The van der Waals surface area contributed by atoms with E-state index >= 15 is 0 Å². The molecule has 1 rings (SSSR count). The highest BCUT2D eigenvalue weighted by molar-refractivity contribution is 9.10. The molecule has 1 aromatic carbocycles. The predicted molar refractivity (Wildman–Crippen MR) is 54.0 cm³/mol. The zero-order valence-electron chi connectivity index (χ0n) is 6.75. The lowest BCUT2D eigenvalue weighted by atomic mass is 10.1. The van der Waals surface area contributed by atoms with Gasteiger partial charge in [-0.25, -0.2) is 0 Å². The molecule has 0 aliphatic heterocycles. The summed E-state index contributed by atoms with van der Waals surface area (Å²) in [4.78, 5) is 10.1. The van der Waals surface area contributed by atoms with Gasteiger partial charge < -0.3 is 0 Å². The van der Waals surface area contributed by atoms with Crippen LogP contribution in [0.15, 0.2) is 28.7 Å².